The van der Waals surface area contributed by atoms with Gasteiger partial charge in [0.1, 0.15) is 0 Å². The first kappa shape index (κ1) is 30.0. The van der Waals surface area contributed by atoms with E-state index in [-0.39, 0.29) is 20.1 Å². The summed E-state index contributed by atoms with van der Waals surface area (Å²) in [5.41, 5.74) is 6.68. The van der Waals surface area contributed by atoms with Gasteiger partial charge in [-0.05, 0) is 52.0 Å². The maximum absolute atomic E-state index is 4.65. The van der Waals surface area contributed by atoms with Gasteiger partial charge in [-0.1, -0.05) is 80.0 Å². The number of aryl methyl sites for hydroxylation is 1. The Labute approximate surface area is 256 Å². The smallest absolute Gasteiger partial charge is 0.0776 e. The number of benzene rings is 3. The Kier molecular flexibility index (Phi) is 9.53. The molecule has 0 N–H and O–H groups in total. The second-order valence-corrected chi connectivity index (χ2v) is 17.4. The molecular formula is C35H34IrN2SSi-2. The quantitative estimate of drug-likeness (QED) is 0.133. The molecule has 0 aliphatic rings. The summed E-state index contributed by atoms with van der Waals surface area (Å²) >= 11 is 1.86. The van der Waals surface area contributed by atoms with Crippen molar-refractivity contribution in [2.45, 2.75) is 46.3 Å². The minimum atomic E-state index is -1.32. The summed E-state index contributed by atoms with van der Waals surface area (Å²) in [5, 5.41) is 4.22. The summed E-state index contributed by atoms with van der Waals surface area (Å²) < 4.78 is 2.64. The van der Waals surface area contributed by atoms with Crippen LogP contribution in [-0.4, -0.2) is 18.0 Å². The molecule has 0 unspecified atom stereocenters. The van der Waals surface area contributed by atoms with Crippen LogP contribution in [0, 0.1) is 19.1 Å². The van der Waals surface area contributed by atoms with Gasteiger partial charge in [-0.2, -0.15) is 11.3 Å². The Balaban J connectivity index is 0.000000223. The number of thiophene rings is 1. The van der Waals surface area contributed by atoms with E-state index in [0.717, 1.165) is 22.5 Å². The van der Waals surface area contributed by atoms with E-state index in [4.69, 9.17) is 0 Å². The van der Waals surface area contributed by atoms with Crippen molar-refractivity contribution in [1.82, 2.24) is 9.97 Å². The summed E-state index contributed by atoms with van der Waals surface area (Å²) in [6.45, 7) is 13.7. The molecular weight excluding hydrogens is 701 g/mol. The van der Waals surface area contributed by atoms with Crippen molar-refractivity contribution in [3.05, 3.63) is 115 Å². The average Bonchev–Trinajstić information content (AvgIpc) is 3.32. The van der Waals surface area contributed by atoms with E-state index >= 15 is 0 Å². The van der Waals surface area contributed by atoms with Gasteiger partial charge in [0.05, 0.1) is 8.07 Å². The van der Waals surface area contributed by atoms with Crippen LogP contribution in [0.3, 0.4) is 0 Å². The molecule has 2 nitrogen and oxygen atoms in total. The second kappa shape index (κ2) is 12.7. The molecule has 3 heterocycles. The number of rotatable bonds is 4. The van der Waals surface area contributed by atoms with Crippen molar-refractivity contribution in [1.29, 1.82) is 0 Å². The molecule has 0 aliphatic carbocycles. The fraction of sp³-hybridized carbons (Fsp3) is 0.200. The summed E-state index contributed by atoms with van der Waals surface area (Å²) in [5.74, 6) is 0.498. The molecule has 5 heteroatoms. The molecule has 40 heavy (non-hydrogen) atoms. The van der Waals surface area contributed by atoms with Crippen molar-refractivity contribution in [3.8, 4) is 22.5 Å². The van der Waals surface area contributed by atoms with Crippen LogP contribution in [0.25, 0.3) is 42.7 Å². The van der Waals surface area contributed by atoms with Gasteiger partial charge in [-0.25, -0.2) is 0 Å². The van der Waals surface area contributed by atoms with Gasteiger partial charge in [-0.15, -0.1) is 59.7 Å². The van der Waals surface area contributed by atoms with Crippen LogP contribution < -0.4 is 5.19 Å². The van der Waals surface area contributed by atoms with Crippen LogP contribution in [-0.2, 0) is 20.1 Å². The van der Waals surface area contributed by atoms with E-state index < -0.39 is 8.07 Å². The van der Waals surface area contributed by atoms with E-state index in [2.05, 4.69) is 104 Å². The Morgan fingerprint density at radius 1 is 0.800 bits per heavy atom. The van der Waals surface area contributed by atoms with Gasteiger partial charge < -0.3 is 9.97 Å². The number of hydrogen-bond donors (Lipinski definition) is 0. The van der Waals surface area contributed by atoms with Crippen LogP contribution in [0.5, 0.6) is 0 Å². The van der Waals surface area contributed by atoms with Crippen LogP contribution in [0.1, 0.15) is 30.9 Å². The normalized spacial score (nSPS) is 11.3. The van der Waals surface area contributed by atoms with Gasteiger partial charge >= 0.3 is 0 Å². The van der Waals surface area contributed by atoms with Gasteiger partial charge in [0.2, 0.25) is 0 Å². The third-order valence-electron chi connectivity index (χ3n) is 6.90. The van der Waals surface area contributed by atoms with E-state index in [1.165, 1.54) is 36.5 Å². The Morgan fingerprint density at radius 3 is 2.30 bits per heavy atom. The summed E-state index contributed by atoms with van der Waals surface area (Å²) in [7, 11) is -1.32. The van der Waals surface area contributed by atoms with Gasteiger partial charge in [0.15, 0.2) is 0 Å². The number of fused-ring (bicyclic) bond motifs is 3. The maximum atomic E-state index is 4.65. The van der Waals surface area contributed by atoms with E-state index in [0.29, 0.717) is 5.92 Å². The topological polar surface area (TPSA) is 25.8 Å². The third-order valence-corrected chi connectivity index (χ3v) is 10.1. The Hall–Kier alpha value is -2.95. The van der Waals surface area contributed by atoms with Gasteiger partial charge in [-0.3, -0.25) is 0 Å². The molecule has 1 radical (unpaired) electrons. The number of nitrogens with zero attached hydrogens (tertiary/aromatic N) is 2. The molecule has 0 bridgehead atoms. The standard InChI is InChI=1S/C23H24NSSi.C12H10N.Ir/c1-15(2)16-11-12-24-21(13-16)19-8-6-7-18-20-14-17(26(3,4)5)9-10-22(20)25-23(18)19;1-10-7-8-12(13-9-10)11-5-3-2-4-6-11;/h6-7,9-15H,1-5H3;2-5,7-9H,1H3;/q2*-1;. The first-order chi connectivity index (χ1) is 18.7. The van der Waals surface area contributed by atoms with Crippen LogP contribution in [0.4, 0.5) is 0 Å². The fourth-order valence-electron chi connectivity index (χ4n) is 4.52. The minimum absolute atomic E-state index is 0. The zero-order valence-electron chi connectivity index (χ0n) is 23.9. The molecule has 0 fully saturated rings. The third kappa shape index (κ3) is 6.67. The first-order valence-electron chi connectivity index (χ1n) is 13.4. The van der Waals surface area contributed by atoms with Crippen molar-refractivity contribution in [2.24, 2.45) is 0 Å². The Bertz CT molecular complexity index is 1720. The molecule has 0 saturated heterocycles. The summed E-state index contributed by atoms with van der Waals surface area (Å²) in [6.07, 6.45) is 3.80. The largest absolute Gasteiger partial charge is 0.305 e. The van der Waals surface area contributed by atoms with Crippen LogP contribution in [0.2, 0.25) is 19.6 Å². The first-order valence-corrected chi connectivity index (χ1v) is 17.8. The van der Waals surface area contributed by atoms with Gasteiger partial charge in [0.25, 0.3) is 0 Å². The van der Waals surface area contributed by atoms with E-state index in [9.17, 15) is 0 Å². The molecule has 0 amide bonds. The summed E-state index contributed by atoms with van der Waals surface area (Å²) in [4.78, 5) is 8.97. The molecule has 0 spiro atoms. The van der Waals surface area contributed by atoms with Gasteiger partial charge in [0, 0.05) is 37.2 Å². The molecule has 3 aromatic carbocycles. The monoisotopic (exact) mass is 735 g/mol. The second-order valence-electron chi connectivity index (χ2n) is 11.3. The zero-order chi connectivity index (χ0) is 27.6. The predicted octanol–water partition coefficient (Wildman–Crippen LogP) is 9.44. The van der Waals surface area contributed by atoms with Crippen molar-refractivity contribution in [2.75, 3.05) is 0 Å². The molecule has 6 aromatic rings. The molecule has 0 saturated carbocycles. The summed E-state index contributed by atoms with van der Waals surface area (Å²) in [6, 6.07) is 34.2. The van der Waals surface area contributed by atoms with E-state index in [1.54, 1.807) is 0 Å². The van der Waals surface area contributed by atoms with Crippen LogP contribution >= 0.6 is 11.3 Å². The minimum Gasteiger partial charge on any atom is -0.305 e. The number of hydrogen-bond acceptors (Lipinski definition) is 3. The zero-order valence-corrected chi connectivity index (χ0v) is 28.1. The van der Waals surface area contributed by atoms with Crippen molar-refractivity contribution < 1.29 is 20.1 Å². The van der Waals surface area contributed by atoms with Crippen LogP contribution in [0.15, 0.2) is 91.3 Å². The van der Waals surface area contributed by atoms with Crippen molar-refractivity contribution >= 4 is 44.8 Å². The molecule has 6 rings (SSSR count). The van der Waals surface area contributed by atoms with Crippen molar-refractivity contribution in [3.63, 3.8) is 0 Å². The molecule has 3 aromatic heterocycles. The number of pyridine rings is 2. The maximum Gasteiger partial charge on any atom is 0.0776 e. The fourth-order valence-corrected chi connectivity index (χ4v) is 6.87. The molecule has 0 atom stereocenters. The predicted molar refractivity (Wildman–Crippen MR) is 172 cm³/mol. The average molecular weight is 735 g/mol. The number of aromatic nitrogens is 2. The van der Waals surface area contributed by atoms with E-state index in [1.807, 2.05) is 61.0 Å². The molecule has 205 valence electrons. The SMILES string of the molecule is CC(C)c1ccnc(-c2[c-]ccc3c2sc2ccc([Si](C)(C)C)cc23)c1.Cc1ccc(-c2[c-]cccc2)nc1.[Ir]. The molecule has 0 aliphatic heterocycles. The Morgan fingerprint density at radius 2 is 1.62 bits per heavy atom.